The van der Waals surface area contributed by atoms with Gasteiger partial charge in [-0.1, -0.05) is 26.0 Å². The zero-order valence-electron chi connectivity index (χ0n) is 16.7. The van der Waals surface area contributed by atoms with Crippen LogP contribution >= 0.6 is 24.0 Å². The Labute approximate surface area is 177 Å². The van der Waals surface area contributed by atoms with E-state index in [0.717, 1.165) is 51.9 Å². The van der Waals surface area contributed by atoms with Crippen molar-refractivity contribution in [3.05, 3.63) is 25.3 Å². The SMILES string of the molecule is C=CCN(CC=C)C(CNC(=NC)N1CCC2(CCOC2)C1)C(C)C.I. The van der Waals surface area contributed by atoms with Crippen LogP contribution in [0.15, 0.2) is 30.3 Å². The van der Waals surface area contributed by atoms with Crippen LogP contribution in [0.3, 0.4) is 0 Å². The molecule has 0 aromatic rings. The van der Waals surface area contributed by atoms with Crippen molar-refractivity contribution in [1.82, 2.24) is 15.1 Å². The molecular formula is C20H37IN4O. The number of hydrogen-bond acceptors (Lipinski definition) is 3. The maximum absolute atomic E-state index is 5.65. The number of nitrogens with zero attached hydrogens (tertiary/aromatic N) is 3. The number of aliphatic imine (C=N–C) groups is 1. The quantitative estimate of drug-likeness (QED) is 0.253. The minimum absolute atomic E-state index is 0. The summed E-state index contributed by atoms with van der Waals surface area (Å²) in [5.74, 6) is 1.56. The summed E-state index contributed by atoms with van der Waals surface area (Å²) in [6.45, 7) is 18.9. The Hall–Kier alpha value is -0.600. The van der Waals surface area contributed by atoms with E-state index in [1.165, 1.54) is 12.8 Å². The van der Waals surface area contributed by atoms with Gasteiger partial charge >= 0.3 is 0 Å². The van der Waals surface area contributed by atoms with Crippen molar-refractivity contribution >= 4 is 29.9 Å². The van der Waals surface area contributed by atoms with Gasteiger partial charge < -0.3 is 15.0 Å². The van der Waals surface area contributed by atoms with Gasteiger partial charge in [0.15, 0.2) is 5.96 Å². The molecule has 0 saturated carbocycles. The lowest BCUT2D eigenvalue weighted by atomic mass is 9.87. The summed E-state index contributed by atoms with van der Waals surface area (Å²) >= 11 is 0. The van der Waals surface area contributed by atoms with Crippen LogP contribution in [-0.4, -0.2) is 74.8 Å². The summed E-state index contributed by atoms with van der Waals surface area (Å²) in [5, 5.41) is 3.62. The summed E-state index contributed by atoms with van der Waals surface area (Å²) in [5.41, 5.74) is 0.354. The zero-order valence-corrected chi connectivity index (χ0v) is 19.1. The Kier molecular flexibility index (Phi) is 10.2. The lowest BCUT2D eigenvalue weighted by molar-refractivity contribution is 0.156. The lowest BCUT2D eigenvalue weighted by Crippen LogP contribution is -2.50. The van der Waals surface area contributed by atoms with E-state index >= 15 is 0 Å². The molecule has 0 aromatic carbocycles. The van der Waals surface area contributed by atoms with Gasteiger partial charge in [-0.25, -0.2) is 0 Å². The van der Waals surface area contributed by atoms with Gasteiger partial charge in [-0.2, -0.15) is 0 Å². The summed E-state index contributed by atoms with van der Waals surface area (Å²) in [6.07, 6.45) is 6.33. The summed E-state index contributed by atoms with van der Waals surface area (Å²) in [7, 11) is 1.88. The first kappa shape index (κ1) is 23.4. The third-order valence-electron chi connectivity index (χ3n) is 5.57. The molecule has 0 aliphatic carbocycles. The smallest absolute Gasteiger partial charge is 0.193 e. The number of hydrogen-bond donors (Lipinski definition) is 1. The zero-order chi connectivity index (χ0) is 18.3. The van der Waals surface area contributed by atoms with Crippen LogP contribution in [0.25, 0.3) is 0 Å². The number of likely N-dealkylation sites (tertiary alicyclic amines) is 1. The number of ether oxygens (including phenoxy) is 1. The third kappa shape index (κ3) is 5.96. The lowest BCUT2D eigenvalue weighted by Gasteiger charge is -2.34. The topological polar surface area (TPSA) is 40.1 Å². The molecule has 2 rings (SSSR count). The van der Waals surface area contributed by atoms with Gasteiger partial charge in [-0.15, -0.1) is 37.1 Å². The van der Waals surface area contributed by atoms with Crippen LogP contribution in [0.4, 0.5) is 0 Å². The molecule has 5 nitrogen and oxygen atoms in total. The fraction of sp³-hybridized carbons (Fsp3) is 0.750. The van der Waals surface area contributed by atoms with E-state index in [-0.39, 0.29) is 24.0 Å². The monoisotopic (exact) mass is 476 g/mol. The third-order valence-corrected chi connectivity index (χ3v) is 5.57. The van der Waals surface area contributed by atoms with E-state index in [0.29, 0.717) is 17.4 Å². The molecule has 1 spiro atoms. The molecule has 2 aliphatic rings. The van der Waals surface area contributed by atoms with E-state index in [9.17, 15) is 0 Å². The van der Waals surface area contributed by atoms with Gasteiger partial charge in [0, 0.05) is 57.8 Å². The first-order chi connectivity index (χ1) is 12.0. The molecule has 1 N–H and O–H groups in total. The Balaban J connectivity index is 0.00000338. The van der Waals surface area contributed by atoms with Crippen molar-refractivity contribution < 1.29 is 4.74 Å². The highest BCUT2D eigenvalue weighted by atomic mass is 127. The molecule has 0 amide bonds. The molecule has 0 radical (unpaired) electrons. The van der Waals surface area contributed by atoms with Crippen molar-refractivity contribution in [2.45, 2.75) is 32.7 Å². The molecule has 26 heavy (non-hydrogen) atoms. The van der Waals surface area contributed by atoms with Crippen molar-refractivity contribution in [3.63, 3.8) is 0 Å². The first-order valence-electron chi connectivity index (χ1n) is 9.54. The van der Waals surface area contributed by atoms with E-state index in [2.05, 4.69) is 47.1 Å². The maximum atomic E-state index is 5.65. The largest absolute Gasteiger partial charge is 0.381 e. The molecule has 6 heteroatoms. The number of halogens is 1. The standard InChI is InChI=1S/C20H36N4O.HI/c1-6-10-23(11-7-2)18(17(3)4)14-22-19(21-5)24-12-8-20(15-24)9-13-25-16-20;/h6-7,17-18H,1-2,8-16H2,3-5H3,(H,21,22);1H. The molecule has 2 aliphatic heterocycles. The Morgan fingerprint density at radius 3 is 2.50 bits per heavy atom. The van der Waals surface area contributed by atoms with Gasteiger partial charge in [-0.3, -0.25) is 9.89 Å². The van der Waals surface area contributed by atoms with Crippen LogP contribution in [-0.2, 0) is 4.74 Å². The molecule has 2 unspecified atom stereocenters. The molecule has 2 fully saturated rings. The second kappa shape index (κ2) is 11.3. The summed E-state index contributed by atoms with van der Waals surface area (Å²) in [4.78, 5) is 9.36. The average Bonchev–Trinajstić information content (AvgIpc) is 3.22. The maximum Gasteiger partial charge on any atom is 0.193 e. The van der Waals surface area contributed by atoms with Gasteiger partial charge in [0.1, 0.15) is 0 Å². The minimum atomic E-state index is 0. The first-order valence-corrected chi connectivity index (χ1v) is 9.54. The molecular weight excluding hydrogens is 439 g/mol. The second-order valence-corrected chi connectivity index (χ2v) is 7.74. The van der Waals surface area contributed by atoms with E-state index in [1.54, 1.807) is 0 Å². The highest BCUT2D eigenvalue weighted by molar-refractivity contribution is 14.0. The van der Waals surface area contributed by atoms with Crippen molar-refractivity contribution in [1.29, 1.82) is 0 Å². The second-order valence-electron chi connectivity index (χ2n) is 7.74. The number of guanidine groups is 1. The fourth-order valence-corrected chi connectivity index (χ4v) is 4.08. The Morgan fingerprint density at radius 1 is 1.31 bits per heavy atom. The highest BCUT2D eigenvalue weighted by Gasteiger charge is 2.42. The molecule has 2 heterocycles. The van der Waals surface area contributed by atoms with Gasteiger partial charge in [0.2, 0.25) is 0 Å². The average molecular weight is 476 g/mol. The normalized spacial score (nSPS) is 24.2. The van der Waals surface area contributed by atoms with Gasteiger partial charge in [-0.05, 0) is 18.8 Å². The van der Waals surface area contributed by atoms with Crippen molar-refractivity contribution in [2.75, 3.05) is 53.0 Å². The van der Waals surface area contributed by atoms with Crippen molar-refractivity contribution in [3.8, 4) is 0 Å². The summed E-state index contributed by atoms with van der Waals surface area (Å²) < 4.78 is 5.65. The fourth-order valence-electron chi connectivity index (χ4n) is 4.08. The van der Waals surface area contributed by atoms with E-state index in [1.807, 2.05) is 19.2 Å². The Bertz CT molecular complexity index is 464. The van der Waals surface area contributed by atoms with Crippen molar-refractivity contribution in [2.24, 2.45) is 16.3 Å². The summed E-state index contributed by atoms with van der Waals surface area (Å²) in [6, 6.07) is 0.416. The predicted molar refractivity (Wildman–Crippen MR) is 121 cm³/mol. The molecule has 2 atom stereocenters. The molecule has 150 valence electrons. The minimum Gasteiger partial charge on any atom is -0.381 e. The van der Waals surface area contributed by atoms with Crippen LogP contribution in [0.1, 0.15) is 26.7 Å². The molecule has 0 bridgehead atoms. The molecule has 2 saturated heterocycles. The van der Waals surface area contributed by atoms with E-state index in [4.69, 9.17) is 4.74 Å². The van der Waals surface area contributed by atoms with Crippen LogP contribution < -0.4 is 5.32 Å². The number of rotatable bonds is 8. The van der Waals surface area contributed by atoms with Crippen LogP contribution in [0.2, 0.25) is 0 Å². The Morgan fingerprint density at radius 2 is 2.00 bits per heavy atom. The van der Waals surface area contributed by atoms with E-state index < -0.39 is 0 Å². The van der Waals surface area contributed by atoms with Crippen LogP contribution in [0.5, 0.6) is 0 Å². The predicted octanol–water partition coefficient (Wildman–Crippen LogP) is 2.99. The molecule has 0 aromatic heterocycles. The van der Waals surface area contributed by atoms with Gasteiger partial charge in [0.25, 0.3) is 0 Å². The van der Waals surface area contributed by atoms with Gasteiger partial charge in [0.05, 0.1) is 6.61 Å². The highest BCUT2D eigenvalue weighted by Crippen LogP contribution is 2.38. The number of nitrogens with one attached hydrogen (secondary N) is 1. The van der Waals surface area contributed by atoms with Crippen LogP contribution in [0, 0.1) is 11.3 Å².